The molecule has 0 saturated carbocycles. The maximum absolute atomic E-state index is 11.8. The number of amides is 2. The van der Waals surface area contributed by atoms with Crippen molar-refractivity contribution >= 4 is 12.0 Å². The van der Waals surface area contributed by atoms with E-state index in [0.29, 0.717) is 5.56 Å². The first kappa shape index (κ1) is 9.71. The van der Waals surface area contributed by atoms with Gasteiger partial charge in [0.1, 0.15) is 0 Å². The minimum Gasteiger partial charge on any atom is -0.428 e. The van der Waals surface area contributed by atoms with E-state index >= 15 is 0 Å². The molecule has 1 saturated heterocycles. The number of hydrogen-bond donors (Lipinski definition) is 0. The van der Waals surface area contributed by atoms with Crippen molar-refractivity contribution in [2.45, 2.75) is 12.5 Å². The molecule has 78 valence electrons. The summed E-state index contributed by atoms with van der Waals surface area (Å²) in [6.45, 7) is 1.60. The standard InChI is InChI=1S/C11H11NO3/c1-11(8-6-4-3-5-7-8)9(13)12(2)10(14)15-11/h3-7H,1-2H3/t11-/m0/s1. The highest BCUT2D eigenvalue weighted by Gasteiger charge is 2.49. The van der Waals surface area contributed by atoms with Gasteiger partial charge in [-0.2, -0.15) is 0 Å². The number of ether oxygens (including phenoxy) is 1. The average molecular weight is 205 g/mol. The van der Waals surface area contributed by atoms with Gasteiger partial charge in [0.2, 0.25) is 5.60 Å². The molecule has 0 spiro atoms. The van der Waals surface area contributed by atoms with Crippen molar-refractivity contribution in [1.82, 2.24) is 4.90 Å². The second-order valence-corrected chi connectivity index (χ2v) is 3.63. The van der Waals surface area contributed by atoms with Crippen LogP contribution in [0.25, 0.3) is 0 Å². The normalized spacial score (nSPS) is 25.6. The highest BCUT2D eigenvalue weighted by molar-refractivity contribution is 6.02. The largest absolute Gasteiger partial charge is 0.428 e. The molecule has 4 heteroatoms. The molecule has 2 rings (SSSR count). The molecule has 1 fully saturated rings. The fourth-order valence-corrected chi connectivity index (χ4v) is 1.63. The Hall–Kier alpha value is -1.84. The Morgan fingerprint density at radius 3 is 2.27 bits per heavy atom. The SMILES string of the molecule is CN1C(=O)O[C@@](C)(c2ccccc2)C1=O. The van der Waals surface area contributed by atoms with E-state index in [1.54, 1.807) is 31.2 Å². The average Bonchev–Trinajstić information content (AvgIpc) is 2.45. The minimum absolute atomic E-state index is 0.335. The fourth-order valence-electron chi connectivity index (χ4n) is 1.63. The summed E-state index contributed by atoms with van der Waals surface area (Å²) in [6.07, 6.45) is -0.605. The number of nitrogens with zero attached hydrogens (tertiary/aromatic N) is 1. The molecule has 15 heavy (non-hydrogen) atoms. The minimum atomic E-state index is -1.17. The maximum atomic E-state index is 11.8. The molecular formula is C11H11NO3. The molecule has 1 heterocycles. The van der Waals surface area contributed by atoms with Gasteiger partial charge in [0.15, 0.2) is 0 Å². The summed E-state index contributed by atoms with van der Waals surface area (Å²) in [5.74, 6) is -0.335. The third-order valence-electron chi connectivity index (χ3n) is 2.60. The molecular weight excluding hydrogens is 194 g/mol. The maximum Gasteiger partial charge on any atom is 0.417 e. The van der Waals surface area contributed by atoms with E-state index in [2.05, 4.69) is 0 Å². The molecule has 1 aromatic rings. The van der Waals surface area contributed by atoms with Crippen LogP contribution in [0.4, 0.5) is 4.79 Å². The smallest absolute Gasteiger partial charge is 0.417 e. The zero-order chi connectivity index (χ0) is 11.1. The lowest BCUT2D eigenvalue weighted by Crippen LogP contribution is -2.34. The van der Waals surface area contributed by atoms with E-state index in [1.807, 2.05) is 6.07 Å². The molecule has 0 aromatic heterocycles. The number of likely N-dealkylation sites (N-methyl/N-ethyl adjacent to an activating group) is 1. The molecule has 1 atom stereocenters. The van der Waals surface area contributed by atoms with Gasteiger partial charge in [-0.1, -0.05) is 30.3 Å². The van der Waals surface area contributed by atoms with Crippen LogP contribution in [0.15, 0.2) is 30.3 Å². The van der Waals surface area contributed by atoms with Gasteiger partial charge >= 0.3 is 6.09 Å². The Kier molecular flexibility index (Phi) is 2.00. The molecule has 0 unspecified atom stereocenters. The third-order valence-corrected chi connectivity index (χ3v) is 2.60. The summed E-state index contributed by atoms with van der Waals surface area (Å²) in [5.41, 5.74) is -0.486. The van der Waals surface area contributed by atoms with Crippen molar-refractivity contribution in [2.75, 3.05) is 7.05 Å². The number of benzene rings is 1. The first-order valence-electron chi connectivity index (χ1n) is 4.62. The highest BCUT2D eigenvalue weighted by Crippen LogP contribution is 2.32. The zero-order valence-corrected chi connectivity index (χ0v) is 8.56. The van der Waals surface area contributed by atoms with Crippen LogP contribution in [0.3, 0.4) is 0 Å². The molecule has 0 aliphatic carbocycles. The van der Waals surface area contributed by atoms with Crippen LogP contribution >= 0.6 is 0 Å². The van der Waals surface area contributed by atoms with Crippen LogP contribution in [0.2, 0.25) is 0 Å². The second-order valence-electron chi connectivity index (χ2n) is 3.63. The molecule has 1 aromatic carbocycles. The summed E-state index contributed by atoms with van der Waals surface area (Å²) >= 11 is 0. The van der Waals surface area contributed by atoms with E-state index in [1.165, 1.54) is 7.05 Å². The van der Waals surface area contributed by atoms with E-state index in [0.717, 1.165) is 4.90 Å². The molecule has 0 bridgehead atoms. The van der Waals surface area contributed by atoms with Crippen LogP contribution in [0.5, 0.6) is 0 Å². The molecule has 1 aliphatic rings. The first-order valence-corrected chi connectivity index (χ1v) is 4.62. The van der Waals surface area contributed by atoms with Crippen LogP contribution < -0.4 is 0 Å². The quantitative estimate of drug-likeness (QED) is 0.698. The van der Waals surface area contributed by atoms with E-state index in [4.69, 9.17) is 4.74 Å². The molecule has 1 aliphatic heterocycles. The van der Waals surface area contributed by atoms with Crippen LogP contribution in [-0.4, -0.2) is 23.9 Å². The zero-order valence-electron chi connectivity index (χ0n) is 8.56. The Morgan fingerprint density at radius 1 is 1.20 bits per heavy atom. The second kappa shape index (κ2) is 3.08. The molecule has 0 radical (unpaired) electrons. The van der Waals surface area contributed by atoms with Crippen molar-refractivity contribution < 1.29 is 14.3 Å². The highest BCUT2D eigenvalue weighted by atomic mass is 16.6. The Morgan fingerprint density at radius 2 is 1.80 bits per heavy atom. The van der Waals surface area contributed by atoms with Gasteiger partial charge in [-0.05, 0) is 6.92 Å². The van der Waals surface area contributed by atoms with Crippen LogP contribution in [0, 0.1) is 0 Å². The Labute approximate surface area is 87.4 Å². The van der Waals surface area contributed by atoms with Gasteiger partial charge in [0.25, 0.3) is 5.91 Å². The lowest BCUT2D eigenvalue weighted by Gasteiger charge is -2.19. The Balaban J connectivity index is 2.45. The lowest BCUT2D eigenvalue weighted by molar-refractivity contribution is -0.135. The topological polar surface area (TPSA) is 46.6 Å². The van der Waals surface area contributed by atoms with Gasteiger partial charge in [-0.3, -0.25) is 4.79 Å². The van der Waals surface area contributed by atoms with E-state index in [-0.39, 0.29) is 5.91 Å². The first-order chi connectivity index (χ1) is 7.05. The number of cyclic esters (lactones) is 1. The number of rotatable bonds is 1. The van der Waals surface area contributed by atoms with Crippen molar-refractivity contribution in [1.29, 1.82) is 0 Å². The monoisotopic (exact) mass is 205 g/mol. The predicted octanol–water partition coefficient (Wildman–Crippen LogP) is 1.51. The van der Waals surface area contributed by atoms with Crippen LogP contribution in [-0.2, 0) is 15.1 Å². The molecule has 0 N–H and O–H groups in total. The summed E-state index contributed by atoms with van der Waals surface area (Å²) in [6, 6.07) is 8.99. The molecule has 2 amide bonds. The lowest BCUT2D eigenvalue weighted by atomic mass is 9.95. The predicted molar refractivity (Wildman–Crippen MR) is 53.0 cm³/mol. The summed E-state index contributed by atoms with van der Waals surface area (Å²) < 4.78 is 5.10. The molecule has 4 nitrogen and oxygen atoms in total. The van der Waals surface area contributed by atoms with Crippen molar-refractivity contribution in [3.05, 3.63) is 35.9 Å². The van der Waals surface area contributed by atoms with Gasteiger partial charge in [0.05, 0.1) is 0 Å². The Bertz CT molecular complexity index is 415. The van der Waals surface area contributed by atoms with Gasteiger partial charge < -0.3 is 4.74 Å². The number of carbonyl (C=O) groups excluding carboxylic acids is 2. The fraction of sp³-hybridized carbons (Fsp3) is 0.273. The van der Waals surface area contributed by atoms with Crippen LogP contribution in [0.1, 0.15) is 12.5 Å². The van der Waals surface area contributed by atoms with Gasteiger partial charge in [-0.25, -0.2) is 9.69 Å². The number of carbonyl (C=O) groups is 2. The summed E-state index contributed by atoms with van der Waals surface area (Å²) in [4.78, 5) is 24.1. The number of imide groups is 1. The van der Waals surface area contributed by atoms with Crippen molar-refractivity contribution in [3.63, 3.8) is 0 Å². The van der Waals surface area contributed by atoms with Gasteiger partial charge in [0, 0.05) is 12.6 Å². The van der Waals surface area contributed by atoms with E-state index in [9.17, 15) is 9.59 Å². The van der Waals surface area contributed by atoms with Crippen molar-refractivity contribution in [3.8, 4) is 0 Å². The van der Waals surface area contributed by atoms with Gasteiger partial charge in [-0.15, -0.1) is 0 Å². The third kappa shape index (κ3) is 1.29. The summed E-state index contributed by atoms with van der Waals surface area (Å²) in [7, 11) is 1.42. The van der Waals surface area contributed by atoms with E-state index < -0.39 is 11.7 Å². The summed E-state index contributed by atoms with van der Waals surface area (Å²) in [5, 5.41) is 0. The van der Waals surface area contributed by atoms with Crippen molar-refractivity contribution in [2.24, 2.45) is 0 Å². The number of hydrogen-bond acceptors (Lipinski definition) is 3.